The Bertz CT molecular complexity index is 381. The van der Waals surface area contributed by atoms with Gasteiger partial charge in [0.25, 0.3) is 0 Å². The van der Waals surface area contributed by atoms with E-state index >= 15 is 0 Å². The second-order valence-corrected chi connectivity index (χ2v) is 5.24. The molecule has 3 nitrogen and oxygen atoms in total. The number of nitrogens with two attached hydrogens (primary N) is 1. The summed E-state index contributed by atoms with van der Waals surface area (Å²) in [5.74, 6) is 0.556. The van der Waals surface area contributed by atoms with Crippen molar-refractivity contribution >= 4 is 17.3 Å². The van der Waals surface area contributed by atoms with E-state index in [9.17, 15) is 0 Å². The molecule has 4 heteroatoms. The van der Waals surface area contributed by atoms with Crippen LogP contribution in [0.3, 0.4) is 0 Å². The summed E-state index contributed by atoms with van der Waals surface area (Å²) >= 11 is 6.10. The first kappa shape index (κ1) is 12.7. The third-order valence-corrected chi connectivity index (χ3v) is 3.83. The van der Waals surface area contributed by atoms with Crippen LogP contribution in [0, 0.1) is 12.8 Å². The van der Waals surface area contributed by atoms with Crippen LogP contribution in [0.4, 0.5) is 5.69 Å². The third kappa shape index (κ3) is 3.11. The minimum Gasteiger partial charge on any atom is -0.379 e. The lowest BCUT2D eigenvalue weighted by Gasteiger charge is -2.32. The highest BCUT2D eigenvalue weighted by atomic mass is 35.5. The van der Waals surface area contributed by atoms with Gasteiger partial charge in [-0.05, 0) is 43.9 Å². The second-order valence-electron chi connectivity index (χ2n) is 4.88. The normalized spacial score (nSPS) is 24.6. The molecule has 2 unspecified atom stereocenters. The van der Waals surface area contributed by atoms with Crippen LogP contribution in [0.5, 0.6) is 0 Å². The van der Waals surface area contributed by atoms with Gasteiger partial charge >= 0.3 is 0 Å². The summed E-state index contributed by atoms with van der Waals surface area (Å²) in [4.78, 5) is 4.17. The van der Waals surface area contributed by atoms with Gasteiger partial charge in [-0.2, -0.15) is 0 Å². The molecule has 0 bridgehead atoms. The largest absolute Gasteiger partial charge is 0.379 e. The molecular formula is C13H20ClN3. The molecule has 2 atom stereocenters. The number of nitrogens with zero attached hydrogens (tertiary/aromatic N) is 1. The van der Waals surface area contributed by atoms with E-state index in [1.807, 2.05) is 6.92 Å². The molecule has 1 aliphatic carbocycles. The lowest BCUT2D eigenvalue weighted by molar-refractivity contribution is 0.332. The molecule has 1 heterocycles. The van der Waals surface area contributed by atoms with Gasteiger partial charge in [-0.1, -0.05) is 24.4 Å². The Kier molecular flexibility index (Phi) is 4.24. The predicted octanol–water partition coefficient (Wildman–Crippen LogP) is 2.97. The summed E-state index contributed by atoms with van der Waals surface area (Å²) in [6.07, 6.45) is 6.73. The van der Waals surface area contributed by atoms with E-state index in [0.717, 1.165) is 17.8 Å². The van der Waals surface area contributed by atoms with Crippen molar-refractivity contribution in [3.63, 3.8) is 0 Å². The molecule has 0 spiro atoms. The van der Waals surface area contributed by atoms with Crippen molar-refractivity contribution in [1.29, 1.82) is 0 Å². The molecule has 1 aromatic rings. The highest BCUT2D eigenvalue weighted by Gasteiger charge is 2.24. The lowest BCUT2D eigenvalue weighted by Crippen LogP contribution is -2.36. The summed E-state index contributed by atoms with van der Waals surface area (Å²) in [7, 11) is 0. The zero-order valence-electron chi connectivity index (χ0n) is 10.2. The number of rotatable bonds is 3. The minimum absolute atomic E-state index is 0.440. The number of aromatic nitrogens is 1. The van der Waals surface area contributed by atoms with Crippen LogP contribution in [-0.4, -0.2) is 17.6 Å². The fourth-order valence-corrected chi connectivity index (χ4v) is 2.69. The van der Waals surface area contributed by atoms with Crippen molar-refractivity contribution < 1.29 is 0 Å². The Morgan fingerprint density at radius 3 is 3.00 bits per heavy atom. The molecule has 0 radical (unpaired) electrons. The van der Waals surface area contributed by atoms with Crippen molar-refractivity contribution in [2.75, 3.05) is 11.9 Å². The standard InChI is InChI=1S/C13H20ClN3/c1-9-6-12(13(14)16-8-9)17-11-5-3-2-4-10(11)7-15/h6,8,10-11,17H,2-5,7,15H2,1H3. The summed E-state index contributed by atoms with van der Waals surface area (Å²) in [6, 6.07) is 2.49. The van der Waals surface area contributed by atoms with E-state index in [-0.39, 0.29) is 0 Å². The Hall–Kier alpha value is -0.800. The van der Waals surface area contributed by atoms with Crippen LogP contribution in [0.25, 0.3) is 0 Å². The molecule has 3 N–H and O–H groups in total. The van der Waals surface area contributed by atoms with Crippen LogP contribution >= 0.6 is 11.6 Å². The fraction of sp³-hybridized carbons (Fsp3) is 0.615. The molecule has 0 aromatic carbocycles. The van der Waals surface area contributed by atoms with E-state index in [4.69, 9.17) is 17.3 Å². The molecule has 0 amide bonds. The maximum absolute atomic E-state index is 6.10. The first-order valence-corrected chi connectivity index (χ1v) is 6.67. The quantitative estimate of drug-likeness (QED) is 0.815. The zero-order chi connectivity index (χ0) is 12.3. The van der Waals surface area contributed by atoms with E-state index < -0.39 is 0 Å². The van der Waals surface area contributed by atoms with Gasteiger partial charge in [-0.25, -0.2) is 4.98 Å². The highest BCUT2D eigenvalue weighted by Crippen LogP contribution is 2.29. The van der Waals surface area contributed by atoms with Crippen molar-refractivity contribution in [2.24, 2.45) is 11.7 Å². The predicted molar refractivity (Wildman–Crippen MR) is 72.4 cm³/mol. The maximum atomic E-state index is 6.10. The van der Waals surface area contributed by atoms with E-state index in [2.05, 4.69) is 16.4 Å². The van der Waals surface area contributed by atoms with Crippen molar-refractivity contribution in [3.8, 4) is 0 Å². The number of aryl methyl sites for hydroxylation is 1. The molecule has 1 saturated carbocycles. The molecule has 0 saturated heterocycles. The SMILES string of the molecule is Cc1cnc(Cl)c(NC2CCCCC2CN)c1. The highest BCUT2D eigenvalue weighted by molar-refractivity contribution is 6.31. The van der Waals surface area contributed by atoms with Gasteiger partial charge in [0.1, 0.15) is 0 Å². The molecule has 2 rings (SSSR count). The smallest absolute Gasteiger partial charge is 0.152 e. The van der Waals surface area contributed by atoms with Crippen LogP contribution in [0.15, 0.2) is 12.3 Å². The molecule has 0 aliphatic heterocycles. The topological polar surface area (TPSA) is 50.9 Å². The summed E-state index contributed by atoms with van der Waals surface area (Å²) in [5.41, 5.74) is 7.89. The molecule has 17 heavy (non-hydrogen) atoms. The fourth-order valence-electron chi connectivity index (χ4n) is 2.53. The number of hydrogen-bond donors (Lipinski definition) is 2. The van der Waals surface area contributed by atoms with Crippen LogP contribution in [-0.2, 0) is 0 Å². The van der Waals surface area contributed by atoms with Gasteiger partial charge in [-0.3, -0.25) is 0 Å². The number of halogens is 1. The van der Waals surface area contributed by atoms with Crippen LogP contribution in [0.2, 0.25) is 5.15 Å². The minimum atomic E-state index is 0.440. The molecule has 1 fully saturated rings. The Balaban J connectivity index is 2.10. The average Bonchev–Trinajstić information content (AvgIpc) is 2.34. The van der Waals surface area contributed by atoms with Gasteiger partial charge in [0.05, 0.1) is 5.69 Å². The van der Waals surface area contributed by atoms with Crippen LogP contribution in [0.1, 0.15) is 31.2 Å². The second kappa shape index (κ2) is 5.69. The van der Waals surface area contributed by atoms with Crippen molar-refractivity contribution in [1.82, 2.24) is 4.98 Å². The monoisotopic (exact) mass is 253 g/mol. The number of hydrogen-bond acceptors (Lipinski definition) is 3. The molecule has 1 aliphatic rings. The van der Waals surface area contributed by atoms with Crippen LogP contribution < -0.4 is 11.1 Å². The van der Waals surface area contributed by atoms with E-state index in [1.165, 1.54) is 25.7 Å². The lowest BCUT2D eigenvalue weighted by atomic mass is 9.84. The number of nitrogens with one attached hydrogen (secondary N) is 1. The molecular weight excluding hydrogens is 234 g/mol. The Labute approximate surface area is 108 Å². The van der Waals surface area contributed by atoms with Gasteiger partial charge in [0.15, 0.2) is 5.15 Å². The van der Waals surface area contributed by atoms with E-state index in [1.54, 1.807) is 6.20 Å². The van der Waals surface area contributed by atoms with Crippen molar-refractivity contribution in [3.05, 3.63) is 23.0 Å². The summed E-state index contributed by atoms with van der Waals surface area (Å²) in [6.45, 7) is 2.77. The summed E-state index contributed by atoms with van der Waals surface area (Å²) < 4.78 is 0. The molecule has 94 valence electrons. The Morgan fingerprint density at radius 2 is 2.24 bits per heavy atom. The summed E-state index contributed by atoms with van der Waals surface area (Å²) in [5, 5.41) is 4.07. The van der Waals surface area contributed by atoms with E-state index in [0.29, 0.717) is 17.1 Å². The maximum Gasteiger partial charge on any atom is 0.152 e. The van der Waals surface area contributed by atoms with Gasteiger partial charge < -0.3 is 11.1 Å². The third-order valence-electron chi connectivity index (χ3n) is 3.53. The van der Waals surface area contributed by atoms with Gasteiger partial charge in [0, 0.05) is 12.2 Å². The average molecular weight is 254 g/mol. The first-order valence-electron chi connectivity index (χ1n) is 6.29. The Morgan fingerprint density at radius 1 is 1.47 bits per heavy atom. The number of pyridine rings is 1. The molecule has 1 aromatic heterocycles. The zero-order valence-corrected chi connectivity index (χ0v) is 11.0. The van der Waals surface area contributed by atoms with Crippen molar-refractivity contribution in [2.45, 2.75) is 38.6 Å². The number of anilines is 1. The van der Waals surface area contributed by atoms with Gasteiger partial charge in [0.2, 0.25) is 0 Å². The first-order chi connectivity index (χ1) is 8.20. The van der Waals surface area contributed by atoms with Gasteiger partial charge in [-0.15, -0.1) is 0 Å².